The summed E-state index contributed by atoms with van der Waals surface area (Å²) >= 11 is 6.10. The Balaban J connectivity index is 2.01. The van der Waals surface area contributed by atoms with Gasteiger partial charge in [-0.2, -0.15) is 0 Å². The zero-order valence-corrected chi connectivity index (χ0v) is 11.2. The van der Waals surface area contributed by atoms with E-state index in [1.54, 1.807) is 25.3 Å². The molecular weight excluding hydrogens is 266 g/mol. The lowest BCUT2D eigenvalue weighted by atomic mass is 10.1. The number of ether oxygens (including phenoxy) is 1. The molecule has 5 heteroatoms. The van der Waals surface area contributed by atoms with E-state index < -0.39 is 0 Å². The van der Waals surface area contributed by atoms with Crippen LogP contribution in [0.1, 0.15) is 22.2 Å². The van der Waals surface area contributed by atoms with Gasteiger partial charge in [0.1, 0.15) is 6.10 Å². The van der Waals surface area contributed by atoms with E-state index in [1.807, 2.05) is 18.2 Å². The summed E-state index contributed by atoms with van der Waals surface area (Å²) in [7, 11) is 1.58. The molecule has 0 aliphatic rings. The molecule has 0 aliphatic heterocycles. The Morgan fingerprint density at radius 1 is 1.37 bits per heavy atom. The van der Waals surface area contributed by atoms with Gasteiger partial charge < -0.3 is 14.5 Å². The summed E-state index contributed by atoms with van der Waals surface area (Å²) in [6.45, 7) is 0.319. The first-order valence-corrected chi connectivity index (χ1v) is 6.19. The molecule has 1 heterocycles. The summed E-state index contributed by atoms with van der Waals surface area (Å²) in [6, 6.07) is 10.7. The van der Waals surface area contributed by atoms with E-state index in [2.05, 4.69) is 5.32 Å². The first-order valence-electron chi connectivity index (χ1n) is 5.81. The smallest absolute Gasteiger partial charge is 0.287 e. The molecule has 4 nitrogen and oxygen atoms in total. The van der Waals surface area contributed by atoms with Crippen molar-refractivity contribution < 1.29 is 13.9 Å². The summed E-state index contributed by atoms with van der Waals surface area (Å²) in [5, 5.41) is 3.36. The minimum atomic E-state index is -0.299. The lowest BCUT2D eigenvalue weighted by molar-refractivity contribution is 0.0807. The fourth-order valence-corrected chi connectivity index (χ4v) is 1.99. The summed E-state index contributed by atoms with van der Waals surface area (Å²) in [5.41, 5.74) is 0.839. The highest BCUT2D eigenvalue weighted by molar-refractivity contribution is 6.31. The average molecular weight is 280 g/mol. The van der Waals surface area contributed by atoms with Gasteiger partial charge in [-0.15, -0.1) is 0 Å². The first-order chi connectivity index (χ1) is 9.22. The predicted octanol–water partition coefficient (Wildman–Crippen LogP) is 3.05. The van der Waals surface area contributed by atoms with Crippen molar-refractivity contribution in [3.05, 3.63) is 59.0 Å². The molecule has 0 radical (unpaired) electrons. The number of halogens is 1. The molecule has 1 atom stereocenters. The van der Waals surface area contributed by atoms with Gasteiger partial charge in [0.2, 0.25) is 0 Å². The molecule has 1 aromatic carbocycles. The van der Waals surface area contributed by atoms with Gasteiger partial charge in [0, 0.05) is 24.2 Å². The molecular formula is C14H14ClNO3. The fraction of sp³-hybridized carbons (Fsp3) is 0.214. The Hall–Kier alpha value is -1.78. The molecule has 0 spiro atoms. The average Bonchev–Trinajstić information content (AvgIpc) is 2.95. The van der Waals surface area contributed by atoms with Crippen molar-refractivity contribution in [2.75, 3.05) is 13.7 Å². The number of benzene rings is 1. The van der Waals surface area contributed by atoms with Crippen LogP contribution in [0, 0.1) is 0 Å². The molecule has 0 bridgehead atoms. The number of hydrogen-bond donors (Lipinski definition) is 1. The normalized spacial score (nSPS) is 12.1. The van der Waals surface area contributed by atoms with E-state index in [0.717, 1.165) is 5.56 Å². The van der Waals surface area contributed by atoms with Crippen LogP contribution >= 0.6 is 11.6 Å². The number of rotatable bonds is 5. The van der Waals surface area contributed by atoms with Gasteiger partial charge in [-0.05, 0) is 18.2 Å². The van der Waals surface area contributed by atoms with Crippen molar-refractivity contribution in [3.63, 3.8) is 0 Å². The maximum Gasteiger partial charge on any atom is 0.287 e. The van der Waals surface area contributed by atoms with Gasteiger partial charge in [0.25, 0.3) is 5.91 Å². The van der Waals surface area contributed by atoms with Crippen LogP contribution < -0.4 is 5.32 Å². The maximum absolute atomic E-state index is 11.7. The van der Waals surface area contributed by atoms with Crippen molar-refractivity contribution >= 4 is 17.5 Å². The highest BCUT2D eigenvalue weighted by Crippen LogP contribution is 2.24. The van der Waals surface area contributed by atoms with Crippen LogP contribution in [0.2, 0.25) is 5.02 Å². The summed E-state index contributed by atoms with van der Waals surface area (Å²) in [5.74, 6) is -0.00637. The van der Waals surface area contributed by atoms with Crippen LogP contribution in [-0.2, 0) is 4.74 Å². The number of hydrogen-bond acceptors (Lipinski definition) is 3. The van der Waals surface area contributed by atoms with E-state index in [-0.39, 0.29) is 17.8 Å². The maximum atomic E-state index is 11.7. The van der Waals surface area contributed by atoms with E-state index in [4.69, 9.17) is 20.8 Å². The molecule has 0 saturated carbocycles. The van der Waals surface area contributed by atoms with Gasteiger partial charge >= 0.3 is 0 Å². The molecule has 1 unspecified atom stereocenters. The second-order valence-corrected chi connectivity index (χ2v) is 4.34. The van der Waals surface area contributed by atoms with Crippen LogP contribution in [0.15, 0.2) is 47.1 Å². The molecule has 2 aromatic rings. The summed E-state index contributed by atoms with van der Waals surface area (Å²) in [6.07, 6.45) is 1.16. The summed E-state index contributed by atoms with van der Waals surface area (Å²) in [4.78, 5) is 11.7. The quantitative estimate of drug-likeness (QED) is 0.915. The van der Waals surface area contributed by atoms with Crippen LogP contribution in [0.3, 0.4) is 0 Å². The minimum absolute atomic E-state index is 0.272. The molecule has 0 saturated heterocycles. The second-order valence-electron chi connectivity index (χ2n) is 3.93. The SMILES string of the molecule is COC(CNC(=O)c1ccco1)c1ccccc1Cl. The lowest BCUT2D eigenvalue weighted by Crippen LogP contribution is -2.28. The van der Waals surface area contributed by atoms with Gasteiger partial charge in [-0.25, -0.2) is 0 Å². The fourth-order valence-electron chi connectivity index (χ4n) is 1.74. The first kappa shape index (κ1) is 13.6. The number of nitrogens with one attached hydrogen (secondary N) is 1. The van der Waals surface area contributed by atoms with Crippen molar-refractivity contribution in [2.24, 2.45) is 0 Å². The predicted molar refractivity (Wildman–Crippen MR) is 72.2 cm³/mol. The standard InChI is InChI=1S/C14H14ClNO3/c1-18-13(10-5-2-3-6-11(10)15)9-16-14(17)12-7-4-8-19-12/h2-8,13H,9H2,1H3,(H,16,17). The molecule has 2 rings (SSSR count). The molecule has 19 heavy (non-hydrogen) atoms. The van der Waals surface area contributed by atoms with Crippen LogP contribution in [-0.4, -0.2) is 19.6 Å². The largest absolute Gasteiger partial charge is 0.459 e. The number of carbonyl (C=O) groups excluding carboxylic acids is 1. The number of amides is 1. The lowest BCUT2D eigenvalue weighted by Gasteiger charge is -2.17. The number of methoxy groups -OCH3 is 1. The molecule has 1 N–H and O–H groups in total. The van der Waals surface area contributed by atoms with Crippen molar-refractivity contribution in [2.45, 2.75) is 6.10 Å². The third-order valence-corrected chi connectivity index (χ3v) is 3.07. The van der Waals surface area contributed by atoms with Crippen molar-refractivity contribution in [1.29, 1.82) is 0 Å². The Morgan fingerprint density at radius 3 is 2.79 bits per heavy atom. The third kappa shape index (κ3) is 3.36. The zero-order chi connectivity index (χ0) is 13.7. The summed E-state index contributed by atoms with van der Waals surface area (Å²) < 4.78 is 10.4. The minimum Gasteiger partial charge on any atom is -0.459 e. The van der Waals surface area contributed by atoms with E-state index >= 15 is 0 Å². The van der Waals surface area contributed by atoms with Crippen LogP contribution in [0.5, 0.6) is 0 Å². The Labute approximate surface area is 116 Å². The van der Waals surface area contributed by atoms with Gasteiger partial charge in [-0.3, -0.25) is 4.79 Å². The van der Waals surface area contributed by atoms with Gasteiger partial charge in [0.05, 0.1) is 6.26 Å². The van der Waals surface area contributed by atoms with E-state index in [9.17, 15) is 4.79 Å². The zero-order valence-electron chi connectivity index (χ0n) is 10.4. The second kappa shape index (κ2) is 6.41. The van der Waals surface area contributed by atoms with Gasteiger partial charge in [0.15, 0.2) is 5.76 Å². The Morgan fingerprint density at radius 2 is 2.16 bits per heavy atom. The Kier molecular flexibility index (Phi) is 4.60. The number of furan rings is 1. The van der Waals surface area contributed by atoms with Crippen LogP contribution in [0.25, 0.3) is 0 Å². The van der Waals surface area contributed by atoms with E-state index in [1.165, 1.54) is 6.26 Å². The highest BCUT2D eigenvalue weighted by atomic mass is 35.5. The van der Waals surface area contributed by atoms with Crippen molar-refractivity contribution in [3.8, 4) is 0 Å². The number of carbonyl (C=O) groups is 1. The molecule has 1 amide bonds. The highest BCUT2D eigenvalue weighted by Gasteiger charge is 2.16. The van der Waals surface area contributed by atoms with Crippen LogP contribution in [0.4, 0.5) is 0 Å². The Bertz CT molecular complexity index is 539. The topological polar surface area (TPSA) is 51.5 Å². The molecule has 100 valence electrons. The molecule has 1 aromatic heterocycles. The van der Waals surface area contributed by atoms with Gasteiger partial charge in [-0.1, -0.05) is 29.8 Å². The molecule has 0 fully saturated rings. The third-order valence-electron chi connectivity index (χ3n) is 2.73. The monoisotopic (exact) mass is 279 g/mol. The van der Waals surface area contributed by atoms with E-state index in [0.29, 0.717) is 11.6 Å². The molecule has 0 aliphatic carbocycles. The van der Waals surface area contributed by atoms with Crippen molar-refractivity contribution in [1.82, 2.24) is 5.32 Å².